The number of esters is 1. The lowest BCUT2D eigenvalue weighted by molar-refractivity contribution is -0.137. The van der Waals surface area contributed by atoms with Crippen LogP contribution < -0.4 is 4.74 Å². The lowest BCUT2D eigenvalue weighted by Gasteiger charge is -2.13. The van der Waals surface area contributed by atoms with Gasteiger partial charge < -0.3 is 14.6 Å². The molecule has 5 nitrogen and oxygen atoms in total. The summed E-state index contributed by atoms with van der Waals surface area (Å²) in [5.41, 5.74) is 1.74. The fourth-order valence-electron chi connectivity index (χ4n) is 2.27. The van der Waals surface area contributed by atoms with E-state index in [1.165, 1.54) is 7.11 Å². The Labute approximate surface area is 149 Å². The standard InChI is InChI=1S/C20H26O5/c1-13(2)10-11-25-16-8-6-15(7-9-16)18(19(21)22)17(12-14(3)4)20(23)24-5/h6-10,14H,11-12H2,1-5H3,(H,21,22)/b18-17-. The number of methoxy groups -OCH3 is 1. The SMILES string of the molecule is COC(=O)/C(CC(C)C)=C(\C(=O)O)c1ccc(OCC=C(C)C)cc1. The topological polar surface area (TPSA) is 72.8 Å². The molecule has 1 N–H and O–H groups in total. The normalized spacial score (nSPS) is 11.6. The molecule has 0 fully saturated rings. The Hall–Kier alpha value is -2.56. The Bertz CT molecular complexity index is 662. The highest BCUT2D eigenvalue weighted by atomic mass is 16.5. The van der Waals surface area contributed by atoms with E-state index in [0.717, 1.165) is 5.57 Å². The Morgan fingerprint density at radius 3 is 2.20 bits per heavy atom. The van der Waals surface area contributed by atoms with Gasteiger partial charge in [0.05, 0.1) is 18.3 Å². The number of carbonyl (C=O) groups excluding carboxylic acids is 1. The van der Waals surface area contributed by atoms with Crippen LogP contribution in [-0.4, -0.2) is 30.8 Å². The summed E-state index contributed by atoms with van der Waals surface area (Å²) in [4.78, 5) is 23.8. The molecule has 0 atom stereocenters. The van der Waals surface area contributed by atoms with E-state index < -0.39 is 11.9 Å². The van der Waals surface area contributed by atoms with Gasteiger partial charge in [0.2, 0.25) is 0 Å². The smallest absolute Gasteiger partial charge is 0.336 e. The van der Waals surface area contributed by atoms with E-state index in [-0.39, 0.29) is 17.1 Å². The van der Waals surface area contributed by atoms with E-state index >= 15 is 0 Å². The Kier molecular flexibility index (Phi) is 7.92. The first-order valence-corrected chi connectivity index (χ1v) is 8.17. The molecule has 0 amide bonds. The van der Waals surface area contributed by atoms with Crippen LogP contribution >= 0.6 is 0 Å². The van der Waals surface area contributed by atoms with Gasteiger partial charge in [-0.3, -0.25) is 0 Å². The van der Waals surface area contributed by atoms with Crippen LogP contribution in [0.25, 0.3) is 5.57 Å². The van der Waals surface area contributed by atoms with E-state index in [0.29, 0.717) is 24.3 Å². The fourth-order valence-corrected chi connectivity index (χ4v) is 2.27. The molecule has 0 aromatic heterocycles. The van der Waals surface area contributed by atoms with Gasteiger partial charge in [-0.1, -0.05) is 31.6 Å². The van der Waals surface area contributed by atoms with Crippen molar-refractivity contribution in [3.05, 3.63) is 47.1 Å². The first-order valence-electron chi connectivity index (χ1n) is 8.17. The van der Waals surface area contributed by atoms with E-state index in [9.17, 15) is 14.7 Å². The number of carboxylic acids is 1. The molecule has 136 valence electrons. The van der Waals surface area contributed by atoms with Crippen LogP contribution in [0.15, 0.2) is 41.5 Å². The van der Waals surface area contributed by atoms with Crippen molar-refractivity contribution in [3.8, 4) is 5.75 Å². The zero-order chi connectivity index (χ0) is 19.0. The molecule has 0 bridgehead atoms. The molecule has 0 heterocycles. The molecule has 1 aromatic rings. The Morgan fingerprint density at radius 2 is 1.76 bits per heavy atom. The number of carboxylic acid groups (broad SMARTS) is 1. The predicted molar refractivity (Wildman–Crippen MR) is 97.4 cm³/mol. The molecule has 1 rings (SSSR count). The van der Waals surface area contributed by atoms with E-state index in [4.69, 9.17) is 9.47 Å². The molecule has 1 aromatic carbocycles. The molecule has 0 saturated carbocycles. The zero-order valence-corrected chi connectivity index (χ0v) is 15.5. The van der Waals surface area contributed by atoms with Gasteiger partial charge in [0.25, 0.3) is 0 Å². The van der Waals surface area contributed by atoms with Gasteiger partial charge in [-0.15, -0.1) is 0 Å². The van der Waals surface area contributed by atoms with E-state index in [1.54, 1.807) is 24.3 Å². The molecular weight excluding hydrogens is 320 g/mol. The molecule has 25 heavy (non-hydrogen) atoms. The molecule has 0 aliphatic carbocycles. The van der Waals surface area contributed by atoms with Gasteiger partial charge in [0.15, 0.2) is 0 Å². The van der Waals surface area contributed by atoms with Crippen molar-refractivity contribution < 1.29 is 24.2 Å². The molecule has 0 aliphatic heterocycles. The summed E-state index contributed by atoms with van der Waals surface area (Å²) in [5.74, 6) is -1.01. The number of rotatable bonds is 8. The summed E-state index contributed by atoms with van der Waals surface area (Å²) in [7, 11) is 1.25. The quantitative estimate of drug-likeness (QED) is 0.436. The van der Waals surface area contributed by atoms with Crippen LogP contribution in [-0.2, 0) is 14.3 Å². The molecular formula is C20H26O5. The highest BCUT2D eigenvalue weighted by molar-refractivity contribution is 6.22. The van der Waals surface area contributed by atoms with Gasteiger partial charge in [0, 0.05) is 0 Å². The molecule has 5 heteroatoms. The Balaban J connectivity index is 3.20. The number of benzene rings is 1. The van der Waals surface area contributed by atoms with E-state index in [2.05, 4.69) is 0 Å². The third kappa shape index (κ3) is 6.45. The summed E-state index contributed by atoms with van der Waals surface area (Å²) in [5, 5.41) is 9.62. The highest BCUT2D eigenvalue weighted by Gasteiger charge is 2.23. The number of ether oxygens (including phenoxy) is 2. The summed E-state index contributed by atoms with van der Waals surface area (Å²) in [6, 6.07) is 6.68. The largest absolute Gasteiger partial charge is 0.490 e. The van der Waals surface area contributed by atoms with Crippen molar-refractivity contribution in [1.82, 2.24) is 0 Å². The average molecular weight is 346 g/mol. The number of hydrogen-bond acceptors (Lipinski definition) is 4. The average Bonchev–Trinajstić information content (AvgIpc) is 2.54. The van der Waals surface area contributed by atoms with Crippen molar-refractivity contribution in [2.45, 2.75) is 34.1 Å². The van der Waals surface area contributed by atoms with Crippen molar-refractivity contribution in [2.24, 2.45) is 5.92 Å². The molecule has 0 spiro atoms. The molecule has 0 unspecified atom stereocenters. The molecule has 0 saturated heterocycles. The highest BCUT2D eigenvalue weighted by Crippen LogP contribution is 2.26. The minimum Gasteiger partial charge on any atom is -0.490 e. The first kappa shape index (κ1) is 20.5. The first-order chi connectivity index (χ1) is 11.8. The third-order valence-corrected chi connectivity index (χ3v) is 3.44. The maximum atomic E-state index is 12.1. The van der Waals surface area contributed by atoms with Gasteiger partial charge in [-0.05, 0) is 50.0 Å². The third-order valence-electron chi connectivity index (χ3n) is 3.44. The van der Waals surface area contributed by atoms with Gasteiger partial charge in [-0.2, -0.15) is 0 Å². The van der Waals surface area contributed by atoms with Crippen LogP contribution in [0.3, 0.4) is 0 Å². The second kappa shape index (κ2) is 9.67. The lowest BCUT2D eigenvalue weighted by Crippen LogP contribution is -2.14. The second-order valence-corrected chi connectivity index (χ2v) is 6.37. The molecule has 0 radical (unpaired) electrons. The van der Waals surface area contributed by atoms with Crippen LogP contribution in [0.1, 0.15) is 39.7 Å². The number of carbonyl (C=O) groups is 2. The Morgan fingerprint density at radius 1 is 1.16 bits per heavy atom. The van der Waals surface area contributed by atoms with Crippen molar-refractivity contribution in [1.29, 1.82) is 0 Å². The second-order valence-electron chi connectivity index (χ2n) is 6.37. The minimum absolute atomic E-state index is 0.0311. The maximum Gasteiger partial charge on any atom is 0.336 e. The lowest BCUT2D eigenvalue weighted by atomic mass is 9.93. The fraction of sp³-hybridized carbons (Fsp3) is 0.400. The zero-order valence-electron chi connectivity index (χ0n) is 15.5. The predicted octanol–water partition coefficient (Wildman–Crippen LogP) is 4.09. The van der Waals surface area contributed by atoms with Gasteiger partial charge in [-0.25, -0.2) is 9.59 Å². The van der Waals surface area contributed by atoms with Crippen molar-refractivity contribution >= 4 is 17.5 Å². The van der Waals surface area contributed by atoms with Crippen LogP contribution in [0.5, 0.6) is 5.75 Å². The van der Waals surface area contributed by atoms with Crippen LogP contribution in [0, 0.1) is 5.92 Å². The van der Waals surface area contributed by atoms with Crippen LogP contribution in [0.2, 0.25) is 0 Å². The van der Waals surface area contributed by atoms with Crippen molar-refractivity contribution in [3.63, 3.8) is 0 Å². The summed E-state index contributed by atoms with van der Waals surface area (Å²) in [6.45, 7) is 8.26. The maximum absolute atomic E-state index is 12.1. The summed E-state index contributed by atoms with van der Waals surface area (Å²) < 4.78 is 10.3. The summed E-state index contributed by atoms with van der Waals surface area (Å²) in [6.07, 6.45) is 2.28. The van der Waals surface area contributed by atoms with E-state index in [1.807, 2.05) is 33.8 Å². The number of aliphatic carboxylic acids is 1. The number of hydrogen-bond donors (Lipinski definition) is 1. The van der Waals surface area contributed by atoms with Gasteiger partial charge >= 0.3 is 11.9 Å². The molecule has 0 aliphatic rings. The van der Waals surface area contributed by atoms with Crippen molar-refractivity contribution in [2.75, 3.05) is 13.7 Å². The monoisotopic (exact) mass is 346 g/mol. The van der Waals surface area contributed by atoms with Crippen LogP contribution in [0.4, 0.5) is 0 Å². The van der Waals surface area contributed by atoms with Gasteiger partial charge in [0.1, 0.15) is 12.4 Å². The number of allylic oxidation sites excluding steroid dienone is 1. The minimum atomic E-state index is -1.15. The summed E-state index contributed by atoms with van der Waals surface area (Å²) >= 11 is 0.